The van der Waals surface area contributed by atoms with Gasteiger partial charge in [0.1, 0.15) is 23.8 Å². The minimum absolute atomic E-state index is 0.0135. The Kier molecular flexibility index (Phi) is 6.67. The SMILES string of the molecule is CCC(C(=O)Nc1ccc(Nc2cc(Nc3ccccn3)ncn2)cc1)c1ccccc1. The van der Waals surface area contributed by atoms with Gasteiger partial charge in [0.05, 0.1) is 5.92 Å². The number of aromatic nitrogens is 3. The first-order chi connectivity index (χ1) is 15.7. The fraction of sp³-hybridized carbons (Fsp3) is 0.120. The number of nitrogens with zero attached hydrogens (tertiary/aromatic N) is 3. The maximum Gasteiger partial charge on any atom is 0.231 e. The van der Waals surface area contributed by atoms with Gasteiger partial charge in [-0.1, -0.05) is 43.3 Å². The van der Waals surface area contributed by atoms with Crippen LogP contribution in [0.3, 0.4) is 0 Å². The molecule has 32 heavy (non-hydrogen) atoms. The largest absolute Gasteiger partial charge is 0.340 e. The smallest absolute Gasteiger partial charge is 0.231 e. The fourth-order valence-corrected chi connectivity index (χ4v) is 3.33. The Bertz CT molecular complexity index is 1150. The molecule has 1 amide bonds. The van der Waals surface area contributed by atoms with E-state index >= 15 is 0 Å². The molecule has 0 aliphatic carbocycles. The van der Waals surface area contributed by atoms with Gasteiger partial charge in [0.2, 0.25) is 5.91 Å². The number of carbonyl (C=O) groups excluding carboxylic acids is 1. The molecule has 2 heterocycles. The van der Waals surface area contributed by atoms with E-state index in [2.05, 4.69) is 30.9 Å². The van der Waals surface area contributed by atoms with Crippen molar-refractivity contribution in [3.63, 3.8) is 0 Å². The van der Waals surface area contributed by atoms with E-state index < -0.39 is 0 Å². The second-order valence-electron chi connectivity index (χ2n) is 7.19. The van der Waals surface area contributed by atoms with Gasteiger partial charge < -0.3 is 16.0 Å². The van der Waals surface area contributed by atoms with Gasteiger partial charge in [-0.25, -0.2) is 15.0 Å². The third-order valence-corrected chi connectivity index (χ3v) is 4.94. The quantitative estimate of drug-likeness (QED) is 0.346. The number of nitrogens with one attached hydrogen (secondary N) is 3. The van der Waals surface area contributed by atoms with Crippen LogP contribution in [0.4, 0.5) is 28.8 Å². The maximum atomic E-state index is 12.8. The molecule has 1 unspecified atom stereocenters. The van der Waals surface area contributed by atoms with Crippen molar-refractivity contribution in [3.8, 4) is 0 Å². The molecule has 2 aromatic carbocycles. The summed E-state index contributed by atoms with van der Waals surface area (Å²) >= 11 is 0. The summed E-state index contributed by atoms with van der Waals surface area (Å²) in [5.41, 5.74) is 2.61. The average molecular weight is 425 g/mol. The van der Waals surface area contributed by atoms with Gasteiger partial charge in [-0.05, 0) is 48.4 Å². The summed E-state index contributed by atoms with van der Waals surface area (Å²) in [4.78, 5) is 25.5. The van der Waals surface area contributed by atoms with E-state index in [0.717, 1.165) is 23.4 Å². The lowest BCUT2D eigenvalue weighted by atomic mass is 9.95. The standard InChI is InChI=1S/C25H24N6O/c1-2-21(18-8-4-3-5-9-18)25(32)30-20-13-11-19(12-14-20)29-23-16-24(28-17-27-23)31-22-10-6-7-15-26-22/h3-17,21H,2H2,1H3,(H,30,32)(H2,26,27,28,29,31). The Morgan fingerprint density at radius 2 is 1.47 bits per heavy atom. The molecule has 1 atom stereocenters. The summed E-state index contributed by atoms with van der Waals surface area (Å²) in [7, 11) is 0. The predicted octanol–water partition coefficient (Wildman–Crippen LogP) is 5.49. The van der Waals surface area contributed by atoms with Crippen molar-refractivity contribution in [3.05, 3.63) is 97.0 Å². The maximum absolute atomic E-state index is 12.8. The lowest BCUT2D eigenvalue weighted by Gasteiger charge is -2.16. The summed E-state index contributed by atoms with van der Waals surface area (Å²) in [5, 5.41) is 9.40. The van der Waals surface area contributed by atoms with E-state index in [9.17, 15) is 4.79 Å². The molecule has 160 valence electrons. The topological polar surface area (TPSA) is 91.8 Å². The number of rotatable bonds is 8. The number of pyridine rings is 1. The third-order valence-electron chi connectivity index (χ3n) is 4.94. The van der Waals surface area contributed by atoms with Crippen molar-refractivity contribution in [1.82, 2.24) is 15.0 Å². The van der Waals surface area contributed by atoms with Gasteiger partial charge in [-0.15, -0.1) is 0 Å². The van der Waals surface area contributed by atoms with Gasteiger partial charge >= 0.3 is 0 Å². The first-order valence-electron chi connectivity index (χ1n) is 10.4. The second-order valence-corrected chi connectivity index (χ2v) is 7.19. The number of hydrogen-bond acceptors (Lipinski definition) is 6. The summed E-state index contributed by atoms with van der Waals surface area (Å²) in [5.74, 6) is 1.79. The summed E-state index contributed by atoms with van der Waals surface area (Å²) in [6.45, 7) is 2.02. The van der Waals surface area contributed by atoms with Crippen LogP contribution in [0.1, 0.15) is 24.8 Å². The van der Waals surface area contributed by atoms with Crippen LogP contribution >= 0.6 is 0 Å². The molecule has 0 radical (unpaired) electrons. The predicted molar refractivity (Wildman–Crippen MR) is 127 cm³/mol. The summed E-state index contributed by atoms with van der Waals surface area (Å²) < 4.78 is 0. The highest BCUT2D eigenvalue weighted by Crippen LogP contribution is 2.23. The van der Waals surface area contributed by atoms with E-state index in [-0.39, 0.29) is 11.8 Å². The second kappa shape index (κ2) is 10.2. The van der Waals surface area contributed by atoms with E-state index in [1.165, 1.54) is 6.33 Å². The molecule has 4 rings (SSSR count). The van der Waals surface area contributed by atoms with Crippen LogP contribution < -0.4 is 16.0 Å². The summed E-state index contributed by atoms with van der Waals surface area (Å²) in [6, 6.07) is 24.8. The average Bonchev–Trinajstić information content (AvgIpc) is 2.82. The minimum Gasteiger partial charge on any atom is -0.340 e. The molecular formula is C25H24N6O. The first-order valence-corrected chi connectivity index (χ1v) is 10.4. The van der Waals surface area contributed by atoms with Crippen molar-refractivity contribution in [2.24, 2.45) is 0 Å². The molecule has 3 N–H and O–H groups in total. The fourth-order valence-electron chi connectivity index (χ4n) is 3.33. The van der Waals surface area contributed by atoms with Gasteiger partial charge in [-0.2, -0.15) is 0 Å². The monoisotopic (exact) mass is 424 g/mol. The molecule has 4 aromatic rings. The first kappa shape index (κ1) is 21.0. The van der Waals surface area contributed by atoms with Crippen LogP contribution in [-0.4, -0.2) is 20.9 Å². The molecule has 0 bridgehead atoms. The zero-order valence-corrected chi connectivity index (χ0v) is 17.7. The molecular weight excluding hydrogens is 400 g/mol. The Labute approximate surface area is 187 Å². The Hall–Kier alpha value is -4.26. The number of hydrogen-bond donors (Lipinski definition) is 3. The molecule has 7 heteroatoms. The number of anilines is 5. The van der Waals surface area contributed by atoms with Gasteiger partial charge in [-0.3, -0.25) is 4.79 Å². The molecule has 2 aromatic heterocycles. The molecule has 0 fully saturated rings. The van der Waals surface area contributed by atoms with Crippen LogP contribution in [-0.2, 0) is 4.79 Å². The van der Waals surface area contributed by atoms with Gasteiger partial charge in [0, 0.05) is 23.6 Å². The van der Waals surface area contributed by atoms with Gasteiger partial charge in [0.15, 0.2) is 0 Å². The molecule has 0 aliphatic heterocycles. The van der Waals surface area contributed by atoms with E-state index in [4.69, 9.17) is 0 Å². The zero-order valence-electron chi connectivity index (χ0n) is 17.7. The molecule has 0 aliphatic rings. The molecule has 0 saturated heterocycles. The highest BCUT2D eigenvalue weighted by Gasteiger charge is 2.18. The van der Waals surface area contributed by atoms with Crippen molar-refractivity contribution < 1.29 is 4.79 Å². The molecule has 0 saturated carbocycles. The van der Waals surface area contributed by atoms with E-state index in [1.54, 1.807) is 12.3 Å². The third kappa shape index (κ3) is 5.46. The van der Waals surface area contributed by atoms with Gasteiger partial charge in [0.25, 0.3) is 0 Å². The molecule has 0 spiro atoms. The molecule has 7 nitrogen and oxygen atoms in total. The zero-order chi connectivity index (χ0) is 22.2. The number of benzene rings is 2. The van der Waals surface area contributed by atoms with Crippen molar-refractivity contribution in [2.45, 2.75) is 19.3 Å². The van der Waals surface area contributed by atoms with Crippen molar-refractivity contribution in [2.75, 3.05) is 16.0 Å². The Balaban J connectivity index is 1.39. The Morgan fingerprint density at radius 1 is 0.781 bits per heavy atom. The van der Waals surface area contributed by atoms with E-state index in [0.29, 0.717) is 17.5 Å². The lowest BCUT2D eigenvalue weighted by molar-refractivity contribution is -0.117. The number of carbonyl (C=O) groups is 1. The van der Waals surface area contributed by atoms with Crippen LogP contribution in [0.2, 0.25) is 0 Å². The number of amides is 1. The van der Waals surface area contributed by atoms with Crippen LogP contribution in [0.25, 0.3) is 0 Å². The van der Waals surface area contributed by atoms with Crippen LogP contribution in [0.5, 0.6) is 0 Å². The summed E-state index contributed by atoms with van der Waals surface area (Å²) in [6.07, 6.45) is 3.93. The Morgan fingerprint density at radius 3 is 2.16 bits per heavy atom. The highest BCUT2D eigenvalue weighted by molar-refractivity contribution is 5.96. The normalized spacial score (nSPS) is 11.4. The van der Waals surface area contributed by atoms with E-state index in [1.807, 2.05) is 79.7 Å². The highest BCUT2D eigenvalue weighted by atomic mass is 16.1. The van der Waals surface area contributed by atoms with Crippen molar-refractivity contribution >= 4 is 34.7 Å². The van der Waals surface area contributed by atoms with Crippen LogP contribution in [0, 0.1) is 0 Å². The van der Waals surface area contributed by atoms with Crippen LogP contribution in [0.15, 0.2) is 91.4 Å². The lowest BCUT2D eigenvalue weighted by Crippen LogP contribution is -2.20. The minimum atomic E-state index is -0.181. The van der Waals surface area contributed by atoms with Crippen molar-refractivity contribution in [1.29, 1.82) is 0 Å².